The molecule has 0 bridgehead atoms. The van der Waals surface area contributed by atoms with Crippen molar-refractivity contribution in [1.82, 2.24) is 10.2 Å². The van der Waals surface area contributed by atoms with Crippen molar-refractivity contribution in [3.63, 3.8) is 0 Å². The predicted molar refractivity (Wildman–Crippen MR) is 96.7 cm³/mol. The smallest absolute Gasteiger partial charge is 0.0231 e. The van der Waals surface area contributed by atoms with Crippen LogP contribution in [-0.2, 0) is 6.54 Å². The first-order chi connectivity index (χ1) is 10.0. The minimum Gasteiger partial charge on any atom is -0.316 e. The second-order valence-electron chi connectivity index (χ2n) is 6.19. The Morgan fingerprint density at radius 1 is 1.19 bits per heavy atom. The highest BCUT2D eigenvalue weighted by Crippen LogP contribution is 2.27. The van der Waals surface area contributed by atoms with Gasteiger partial charge in [-0.2, -0.15) is 0 Å². The van der Waals surface area contributed by atoms with Crippen LogP contribution in [0.4, 0.5) is 0 Å². The second-order valence-corrected chi connectivity index (χ2v) is 7.10. The molecule has 0 spiro atoms. The molecule has 1 aromatic carbocycles. The van der Waals surface area contributed by atoms with E-state index in [1.165, 1.54) is 24.8 Å². The Morgan fingerprint density at radius 3 is 2.48 bits per heavy atom. The fourth-order valence-electron chi connectivity index (χ4n) is 2.89. The Labute approximate surface area is 139 Å². The molecule has 0 radical (unpaired) electrons. The summed E-state index contributed by atoms with van der Waals surface area (Å²) >= 11 is 3.55. The highest BCUT2D eigenvalue weighted by Gasteiger charge is 2.27. The van der Waals surface area contributed by atoms with E-state index in [4.69, 9.17) is 0 Å². The number of hydrogen-bond acceptors (Lipinski definition) is 2. The standard InChI is InChI=1S/C18H31BrN2/c1-5-11-20-14-18(6-2,7-3)15-21(4)13-16-9-8-10-17(19)12-16/h8-10,12,20H,5-7,11,13-15H2,1-4H3. The molecule has 21 heavy (non-hydrogen) atoms. The van der Waals surface area contributed by atoms with Gasteiger partial charge in [0, 0.05) is 24.1 Å². The van der Waals surface area contributed by atoms with Crippen LogP contribution >= 0.6 is 15.9 Å². The third-order valence-electron chi connectivity index (χ3n) is 4.37. The summed E-state index contributed by atoms with van der Waals surface area (Å²) in [6, 6.07) is 8.62. The lowest BCUT2D eigenvalue weighted by molar-refractivity contribution is 0.151. The number of benzene rings is 1. The van der Waals surface area contributed by atoms with Crippen LogP contribution in [0.1, 0.15) is 45.6 Å². The van der Waals surface area contributed by atoms with Gasteiger partial charge in [-0.3, -0.25) is 0 Å². The van der Waals surface area contributed by atoms with E-state index in [9.17, 15) is 0 Å². The number of nitrogens with zero attached hydrogens (tertiary/aromatic N) is 1. The van der Waals surface area contributed by atoms with Crippen molar-refractivity contribution in [3.8, 4) is 0 Å². The van der Waals surface area contributed by atoms with E-state index < -0.39 is 0 Å². The zero-order valence-electron chi connectivity index (χ0n) is 14.1. The summed E-state index contributed by atoms with van der Waals surface area (Å²) in [5, 5.41) is 3.62. The minimum atomic E-state index is 0.385. The van der Waals surface area contributed by atoms with E-state index in [-0.39, 0.29) is 0 Å². The Bertz CT molecular complexity index is 402. The summed E-state index contributed by atoms with van der Waals surface area (Å²) in [6.45, 7) is 11.3. The molecule has 0 aliphatic carbocycles. The molecule has 2 nitrogen and oxygen atoms in total. The van der Waals surface area contributed by atoms with E-state index in [1.54, 1.807) is 0 Å². The lowest BCUT2D eigenvalue weighted by Crippen LogP contribution is -2.42. The summed E-state index contributed by atoms with van der Waals surface area (Å²) in [4.78, 5) is 2.46. The van der Waals surface area contributed by atoms with E-state index in [1.807, 2.05) is 0 Å². The molecule has 0 amide bonds. The number of nitrogens with one attached hydrogen (secondary N) is 1. The summed E-state index contributed by atoms with van der Waals surface area (Å²) < 4.78 is 1.16. The van der Waals surface area contributed by atoms with Crippen LogP contribution in [0.25, 0.3) is 0 Å². The van der Waals surface area contributed by atoms with Crippen LogP contribution in [0.2, 0.25) is 0 Å². The molecule has 120 valence electrons. The van der Waals surface area contributed by atoms with Crippen LogP contribution in [0.3, 0.4) is 0 Å². The van der Waals surface area contributed by atoms with Gasteiger partial charge in [-0.05, 0) is 56.0 Å². The minimum absolute atomic E-state index is 0.385. The van der Waals surface area contributed by atoms with Crippen molar-refractivity contribution in [2.24, 2.45) is 5.41 Å². The van der Waals surface area contributed by atoms with Gasteiger partial charge in [0.1, 0.15) is 0 Å². The van der Waals surface area contributed by atoms with Gasteiger partial charge < -0.3 is 10.2 Å². The van der Waals surface area contributed by atoms with Gasteiger partial charge in [-0.15, -0.1) is 0 Å². The van der Waals surface area contributed by atoms with E-state index in [2.05, 4.69) is 78.2 Å². The Morgan fingerprint density at radius 2 is 1.90 bits per heavy atom. The van der Waals surface area contributed by atoms with Gasteiger partial charge in [-0.25, -0.2) is 0 Å². The van der Waals surface area contributed by atoms with Gasteiger partial charge in [0.2, 0.25) is 0 Å². The molecule has 0 fully saturated rings. The molecule has 1 aromatic rings. The zero-order chi connectivity index (χ0) is 15.7. The molecular weight excluding hydrogens is 324 g/mol. The molecule has 0 heterocycles. The average Bonchev–Trinajstić information content (AvgIpc) is 2.46. The van der Waals surface area contributed by atoms with Crippen molar-refractivity contribution >= 4 is 15.9 Å². The Balaban J connectivity index is 2.60. The van der Waals surface area contributed by atoms with Crippen LogP contribution in [0, 0.1) is 5.41 Å². The maximum atomic E-state index is 3.62. The largest absolute Gasteiger partial charge is 0.316 e. The zero-order valence-corrected chi connectivity index (χ0v) is 15.7. The summed E-state index contributed by atoms with van der Waals surface area (Å²) in [7, 11) is 2.24. The van der Waals surface area contributed by atoms with Crippen LogP contribution in [0.5, 0.6) is 0 Å². The SMILES string of the molecule is CCCNCC(CC)(CC)CN(C)Cc1cccc(Br)c1. The van der Waals surface area contributed by atoms with E-state index in [0.29, 0.717) is 5.41 Å². The van der Waals surface area contributed by atoms with Gasteiger partial charge in [0.15, 0.2) is 0 Å². The highest BCUT2D eigenvalue weighted by molar-refractivity contribution is 9.10. The molecule has 0 atom stereocenters. The van der Waals surface area contributed by atoms with E-state index in [0.717, 1.165) is 30.7 Å². The fraction of sp³-hybridized carbons (Fsp3) is 0.667. The molecule has 0 aliphatic rings. The fourth-order valence-corrected chi connectivity index (χ4v) is 3.33. The maximum absolute atomic E-state index is 3.62. The number of rotatable bonds is 10. The molecule has 0 unspecified atom stereocenters. The van der Waals surface area contributed by atoms with Crippen molar-refractivity contribution in [2.75, 3.05) is 26.7 Å². The molecule has 1 rings (SSSR count). The highest BCUT2D eigenvalue weighted by atomic mass is 79.9. The molecule has 0 aliphatic heterocycles. The van der Waals surface area contributed by atoms with Gasteiger partial charge in [0.05, 0.1) is 0 Å². The van der Waals surface area contributed by atoms with Gasteiger partial charge in [0.25, 0.3) is 0 Å². The van der Waals surface area contributed by atoms with Crippen molar-refractivity contribution in [2.45, 2.75) is 46.6 Å². The van der Waals surface area contributed by atoms with Crippen LogP contribution in [0.15, 0.2) is 28.7 Å². The first-order valence-electron chi connectivity index (χ1n) is 8.19. The normalized spacial score (nSPS) is 12.1. The van der Waals surface area contributed by atoms with Crippen molar-refractivity contribution < 1.29 is 0 Å². The molecule has 3 heteroatoms. The predicted octanol–water partition coefficient (Wildman–Crippen LogP) is 4.69. The van der Waals surface area contributed by atoms with Crippen molar-refractivity contribution in [1.29, 1.82) is 0 Å². The molecule has 0 aromatic heterocycles. The lowest BCUT2D eigenvalue weighted by Gasteiger charge is -2.36. The molecular formula is C18H31BrN2. The maximum Gasteiger partial charge on any atom is 0.0231 e. The summed E-state index contributed by atoms with van der Waals surface area (Å²) in [5.41, 5.74) is 1.75. The summed E-state index contributed by atoms with van der Waals surface area (Å²) in [5.74, 6) is 0. The lowest BCUT2D eigenvalue weighted by atomic mass is 9.81. The van der Waals surface area contributed by atoms with E-state index >= 15 is 0 Å². The molecule has 0 saturated carbocycles. The number of hydrogen-bond donors (Lipinski definition) is 1. The third-order valence-corrected chi connectivity index (χ3v) is 4.87. The van der Waals surface area contributed by atoms with Crippen molar-refractivity contribution in [3.05, 3.63) is 34.3 Å². The topological polar surface area (TPSA) is 15.3 Å². The first-order valence-corrected chi connectivity index (χ1v) is 8.98. The third kappa shape index (κ3) is 6.50. The monoisotopic (exact) mass is 354 g/mol. The second kappa shape index (κ2) is 9.60. The average molecular weight is 355 g/mol. The van der Waals surface area contributed by atoms with Crippen LogP contribution in [-0.4, -0.2) is 31.6 Å². The Kier molecular flexibility index (Phi) is 8.53. The summed E-state index contributed by atoms with van der Waals surface area (Å²) in [6.07, 6.45) is 3.66. The first kappa shape index (κ1) is 18.7. The molecule has 0 saturated heterocycles. The quantitative estimate of drug-likeness (QED) is 0.613. The van der Waals surface area contributed by atoms with Gasteiger partial charge in [-0.1, -0.05) is 48.8 Å². The van der Waals surface area contributed by atoms with Gasteiger partial charge >= 0.3 is 0 Å². The Hall–Kier alpha value is -0.380. The van der Waals surface area contributed by atoms with Crippen LogP contribution < -0.4 is 5.32 Å². The molecule has 1 N–H and O–H groups in total. The number of halogens is 1.